The molecule has 2 heteroatoms. The van der Waals surface area contributed by atoms with Gasteiger partial charge in [0.2, 0.25) is 0 Å². The quantitative estimate of drug-likeness (QED) is 0.110. The fourth-order valence-corrected chi connectivity index (χ4v) is 6.70. The molecule has 0 saturated heterocycles. The van der Waals surface area contributed by atoms with Crippen LogP contribution in [0.3, 0.4) is 0 Å². The van der Waals surface area contributed by atoms with E-state index in [2.05, 4.69) is 171 Å². The highest BCUT2D eigenvalue weighted by Gasteiger charge is 2.24. The van der Waals surface area contributed by atoms with E-state index in [4.69, 9.17) is 0 Å². The Bertz CT molecular complexity index is 1930. The Balaban J connectivity index is 2.02. The van der Waals surface area contributed by atoms with Crippen molar-refractivity contribution in [1.29, 1.82) is 0 Å². The van der Waals surface area contributed by atoms with Gasteiger partial charge in [0, 0.05) is 21.9 Å². The molecule has 0 fully saturated rings. The number of benzene rings is 6. The maximum Gasteiger partial charge on any atom is 0.129 e. The van der Waals surface area contributed by atoms with Crippen LogP contribution in [0.5, 0.6) is 0 Å². The molecule has 0 saturated carbocycles. The van der Waals surface area contributed by atoms with E-state index in [0.29, 0.717) is 0 Å². The average Bonchev–Trinajstić information content (AvgIpc) is 2.97. The molecule has 0 aliphatic rings. The molecular weight excluding hydrogens is 537 g/mol. The second-order valence-electron chi connectivity index (χ2n) is 13.1. The van der Waals surface area contributed by atoms with E-state index in [9.17, 15) is 0 Å². The summed E-state index contributed by atoms with van der Waals surface area (Å²) >= 11 is 0. The smallest absolute Gasteiger partial charge is 0.127 e. The van der Waals surface area contributed by atoms with Crippen molar-refractivity contribution in [2.24, 2.45) is 0 Å². The van der Waals surface area contributed by atoms with E-state index >= 15 is 0 Å². The van der Waals surface area contributed by atoms with Crippen LogP contribution in [0.2, 0.25) is 39.3 Å². The molecule has 0 nitrogen and oxygen atoms in total. The summed E-state index contributed by atoms with van der Waals surface area (Å²) in [7, 11) is -3.36. The van der Waals surface area contributed by atoms with Crippen molar-refractivity contribution in [3.63, 3.8) is 0 Å². The lowest BCUT2D eigenvalue weighted by Crippen LogP contribution is -2.16. The van der Waals surface area contributed by atoms with Crippen LogP contribution in [0.4, 0.5) is 0 Å². The number of hydrogen-bond donors (Lipinski definition) is 0. The largest absolute Gasteiger partial charge is 0.129 e. The Morgan fingerprint density at radius 3 is 1.02 bits per heavy atom. The molecule has 0 bridgehead atoms. The summed E-state index contributed by atoms with van der Waals surface area (Å²) < 4.78 is 0. The molecular formula is C40H36Si2. The minimum Gasteiger partial charge on any atom is -0.127 e. The Morgan fingerprint density at radius 2 is 0.690 bits per heavy atom. The first-order chi connectivity index (χ1) is 20.1. The molecule has 0 spiro atoms. The molecule has 0 aliphatic heterocycles. The zero-order valence-electron chi connectivity index (χ0n) is 25.4. The number of hydrogen-bond acceptors (Lipinski definition) is 0. The van der Waals surface area contributed by atoms with Gasteiger partial charge in [-0.15, -0.1) is 11.1 Å². The van der Waals surface area contributed by atoms with Crippen molar-refractivity contribution in [1.82, 2.24) is 0 Å². The monoisotopic (exact) mass is 572 g/mol. The molecule has 0 aromatic heterocycles. The van der Waals surface area contributed by atoms with Gasteiger partial charge in [-0.2, -0.15) is 0 Å². The summed E-state index contributed by atoms with van der Waals surface area (Å²) in [6.45, 7) is 13.9. The molecule has 0 atom stereocenters. The van der Waals surface area contributed by atoms with Crippen molar-refractivity contribution < 1.29 is 0 Å². The Labute approximate surface area is 252 Å². The van der Waals surface area contributed by atoms with Gasteiger partial charge in [-0.25, -0.2) is 0 Å². The summed E-state index contributed by atoms with van der Waals surface area (Å²) in [5, 5.41) is 7.27. The first-order valence-corrected chi connectivity index (χ1v) is 21.7. The van der Waals surface area contributed by atoms with Gasteiger partial charge in [0.15, 0.2) is 0 Å². The highest BCUT2D eigenvalue weighted by molar-refractivity contribution is 6.84. The van der Waals surface area contributed by atoms with Crippen LogP contribution in [0.15, 0.2) is 109 Å². The lowest BCUT2D eigenvalue weighted by atomic mass is 9.80. The maximum atomic E-state index is 3.80. The Kier molecular flexibility index (Phi) is 7.16. The molecule has 0 unspecified atom stereocenters. The second kappa shape index (κ2) is 10.8. The molecule has 0 amide bonds. The Hall–Kier alpha value is -4.35. The van der Waals surface area contributed by atoms with Gasteiger partial charge < -0.3 is 0 Å². The van der Waals surface area contributed by atoms with Crippen LogP contribution in [0.25, 0.3) is 54.6 Å². The summed E-state index contributed by atoms with van der Waals surface area (Å²) in [5.41, 5.74) is 14.6. The van der Waals surface area contributed by atoms with E-state index < -0.39 is 16.1 Å². The third-order valence-corrected chi connectivity index (χ3v) is 9.18. The van der Waals surface area contributed by atoms with E-state index in [1.807, 2.05) is 0 Å². The molecule has 0 aliphatic carbocycles. The first kappa shape index (κ1) is 27.8. The van der Waals surface area contributed by atoms with Crippen LogP contribution >= 0.6 is 0 Å². The Morgan fingerprint density at radius 1 is 0.381 bits per heavy atom. The van der Waals surface area contributed by atoms with E-state index in [1.54, 1.807) is 0 Å². The minimum atomic E-state index is -1.68. The summed E-state index contributed by atoms with van der Waals surface area (Å²) in [5.74, 6) is 7.59. The molecule has 42 heavy (non-hydrogen) atoms. The van der Waals surface area contributed by atoms with Crippen LogP contribution in [0, 0.1) is 22.9 Å². The van der Waals surface area contributed by atoms with Crippen molar-refractivity contribution in [2.45, 2.75) is 39.3 Å². The SMILES string of the molecule is C[Si](C)(C)C#Cc1c2ccccc2c(C#C[Si](C)(C)C)c2c(-c3ccccc3)c3ccccc3c(-c3ccccc3)c12. The van der Waals surface area contributed by atoms with E-state index in [-0.39, 0.29) is 0 Å². The van der Waals surface area contributed by atoms with Gasteiger partial charge >= 0.3 is 0 Å². The average molecular weight is 573 g/mol. The molecule has 0 N–H and O–H groups in total. The molecule has 6 aromatic rings. The van der Waals surface area contributed by atoms with E-state index in [1.165, 1.54) is 54.6 Å². The van der Waals surface area contributed by atoms with Crippen LogP contribution in [-0.4, -0.2) is 16.1 Å². The van der Waals surface area contributed by atoms with Crippen LogP contribution < -0.4 is 0 Å². The highest BCUT2D eigenvalue weighted by Crippen LogP contribution is 2.48. The topological polar surface area (TPSA) is 0 Å². The zero-order chi connectivity index (χ0) is 29.5. The van der Waals surface area contributed by atoms with Crippen LogP contribution in [-0.2, 0) is 0 Å². The summed E-state index contributed by atoms with van der Waals surface area (Å²) in [4.78, 5) is 0. The van der Waals surface area contributed by atoms with Gasteiger partial charge in [-0.05, 0) is 43.8 Å². The standard InChI is InChI=1S/C40H36Si2/c1-41(2,3)27-25-35-31-21-13-14-22-32(31)36(26-28-42(4,5)6)40-38(30-19-11-8-12-20-30)34-24-16-15-23-33(34)37(39(35)40)29-17-9-7-10-18-29/h7-24H,1-6H3. The molecule has 0 radical (unpaired) electrons. The molecule has 0 heterocycles. The predicted octanol–water partition coefficient (Wildman–Crippen LogP) is 10.9. The second-order valence-corrected chi connectivity index (χ2v) is 22.6. The molecule has 6 aromatic carbocycles. The third-order valence-electron chi connectivity index (χ3n) is 7.43. The first-order valence-electron chi connectivity index (χ1n) is 14.7. The van der Waals surface area contributed by atoms with Crippen molar-refractivity contribution in [3.05, 3.63) is 120 Å². The minimum absolute atomic E-state index is 1.11. The van der Waals surface area contributed by atoms with Crippen molar-refractivity contribution in [3.8, 4) is 45.2 Å². The normalized spacial score (nSPS) is 11.7. The fourth-order valence-electron chi connectivity index (χ4n) is 5.70. The van der Waals surface area contributed by atoms with Crippen molar-refractivity contribution >= 4 is 48.5 Å². The van der Waals surface area contributed by atoms with Crippen LogP contribution in [0.1, 0.15) is 11.1 Å². The summed E-state index contributed by atoms with van der Waals surface area (Å²) in [6.07, 6.45) is 0. The highest BCUT2D eigenvalue weighted by atomic mass is 28.3. The third kappa shape index (κ3) is 5.33. The van der Waals surface area contributed by atoms with Gasteiger partial charge in [0.1, 0.15) is 16.1 Å². The van der Waals surface area contributed by atoms with E-state index in [0.717, 1.165) is 11.1 Å². The predicted molar refractivity (Wildman–Crippen MR) is 190 cm³/mol. The summed E-state index contributed by atoms with van der Waals surface area (Å²) in [6, 6.07) is 39.4. The number of fused-ring (bicyclic) bond motifs is 3. The molecule has 6 rings (SSSR count). The van der Waals surface area contributed by atoms with Gasteiger partial charge in [0.05, 0.1) is 0 Å². The van der Waals surface area contributed by atoms with Crippen molar-refractivity contribution in [2.75, 3.05) is 0 Å². The molecule has 204 valence electrons. The van der Waals surface area contributed by atoms with Gasteiger partial charge in [-0.3, -0.25) is 0 Å². The van der Waals surface area contributed by atoms with Gasteiger partial charge in [0.25, 0.3) is 0 Å². The lowest BCUT2D eigenvalue weighted by molar-refractivity contribution is 1.64. The fraction of sp³-hybridized carbons (Fsp3) is 0.150. The number of rotatable bonds is 2. The lowest BCUT2D eigenvalue weighted by Gasteiger charge is -2.22. The van der Waals surface area contributed by atoms with Gasteiger partial charge in [-0.1, -0.05) is 160 Å². The zero-order valence-corrected chi connectivity index (χ0v) is 27.4. The maximum absolute atomic E-state index is 3.80.